The van der Waals surface area contributed by atoms with E-state index in [9.17, 15) is 9.18 Å². The van der Waals surface area contributed by atoms with E-state index in [0.29, 0.717) is 11.8 Å². The molecule has 2 rings (SSSR count). The van der Waals surface area contributed by atoms with Gasteiger partial charge in [-0.3, -0.25) is 4.79 Å². The number of carbonyl (C=O) groups excluding carboxylic acids is 1. The van der Waals surface area contributed by atoms with Gasteiger partial charge in [0.1, 0.15) is 5.82 Å². The minimum atomic E-state index is -0.460. The van der Waals surface area contributed by atoms with Gasteiger partial charge in [0.25, 0.3) is 0 Å². The van der Waals surface area contributed by atoms with Crippen molar-refractivity contribution in [2.45, 2.75) is 6.61 Å². The molecule has 0 radical (unpaired) electrons. The highest BCUT2D eigenvalue weighted by molar-refractivity contribution is 5.72. The number of rotatable bonds is 3. The maximum Gasteiger partial charge on any atom is 0.193 e. The molecule has 0 saturated carbocycles. The fourth-order valence-electron chi connectivity index (χ4n) is 1.48. The summed E-state index contributed by atoms with van der Waals surface area (Å²) in [6.45, 7) is -0.317. The van der Waals surface area contributed by atoms with E-state index < -0.39 is 5.82 Å². The quantitative estimate of drug-likeness (QED) is 0.816. The van der Waals surface area contributed by atoms with Gasteiger partial charge in [0.05, 0.1) is 12.3 Å². The Morgan fingerprint density at radius 2 is 2.12 bits per heavy atom. The molecule has 0 aliphatic rings. The van der Waals surface area contributed by atoms with Crippen molar-refractivity contribution in [1.29, 1.82) is 0 Å². The third-order valence-electron chi connectivity index (χ3n) is 2.29. The minimum absolute atomic E-state index is 0.0412. The van der Waals surface area contributed by atoms with E-state index in [0.717, 1.165) is 0 Å². The summed E-state index contributed by atoms with van der Waals surface area (Å²) >= 11 is 0. The number of hydrogen-bond acceptors (Lipinski definition) is 4. The van der Waals surface area contributed by atoms with E-state index in [2.05, 4.69) is 9.97 Å². The van der Waals surface area contributed by atoms with Crippen LogP contribution in [0.15, 0.2) is 30.5 Å². The smallest absolute Gasteiger partial charge is 0.193 e. The lowest BCUT2D eigenvalue weighted by Crippen LogP contribution is -2.01. The summed E-state index contributed by atoms with van der Waals surface area (Å²) in [5.41, 5.74) is 0.852. The lowest BCUT2D eigenvalue weighted by Gasteiger charge is -2.07. The van der Waals surface area contributed by atoms with Crippen LogP contribution in [0.1, 0.15) is 16.2 Å². The maximum atomic E-state index is 13.6. The van der Waals surface area contributed by atoms with Crippen LogP contribution in [0.2, 0.25) is 0 Å². The van der Waals surface area contributed by atoms with Crippen molar-refractivity contribution in [2.24, 2.45) is 0 Å². The molecule has 0 fully saturated rings. The van der Waals surface area contributed by atoms with Gasteiger partial charge < -0.3 is 5.11 Å². The van der Waals surface area contributed by atoms with Gasteiger partial charge in [0.15, 0.2) is 12.1 Å². The van der Waals surface area contributed by atoms with Gasteiger partial charge in [-0.15, -0.1) is 0 Å². The van der Waals surface area contributed by atoms with Crippen LogP contribution in [0.25, 0.3) is 11.3 Å². The summed E-state index contributed by atoms with van der Waals surface area (Å²) in [6.07, 6.45) is 1.80. The Morgan fingerprint density at radius 1 is 1.35 bits per heavy atom. The summed E-state index contributed by atoms with van der Waals surface area (Å²) in [6, 6.07) is 6.03. The molecule has 0 unspecified atom stereocenters. The van der Waals surface area contributed by atoms with Gasteiger partial charge in [-0.2, -0.15) is 0 Å². The zero-order valence-electron chi connectivity index (χ0n) is 8.80. The monoisotopic (exact) mass is 232 g/mol. The van der Waals surface area contributed by atoms with Crippen LogP contribution >= 0.6 is 0 Å². The lowest BCUT2D eigenvalue weighted by molar-refractivity contribution is 0.111. The second-order valence-corrected chi connectivity index (χ2v) is 3.36. The van der Waals surface area contributed by atoms with Gasteiger partial charge in [0, 0.05) is 17.3 Å². The van der Waals surface area contributed by atoms with Gasteiger partial charge in [-0.1, -0.05) is 12.1 Å². The number of carbonyl (C=O) groups is 1. The average Bonchev–Trinajstić information content (AvgIpc) is 2.38. The van der Waals surface area contributed by atoms with E-state index in [4.69, 9.17) is 5.11 Å². The summed E-state index contributed by atoms with van der Waals surface area (Å²) in [7, 11) is 0. The van der Waals surface area contributed by atoms with Crippen LogP contribution in [0.4, 0.5) is 4.39 Å². The third-order valence-corrected chi connectivity index (χ3v) is 2.29. The standard InChI is InChI=1S/C12H9FN2O2/c13-10-4-2-1-3-9(10)12-8(6-16)5-14-11(7-17)15-12/h1-5,7,16H,6H2. The molecule has 1 heterocycles. The fraction of sp³-hybridized carbons (Fsp3) is 0.0833. The van der Waals surface area contributed by atoms with Crippen molar-refractivity contribution in [1.82, 2.24) is 9.97 Å². The van der Waals surface area contributed by atoms with Gasteiger partial charge in [-0.25, -0.2) is 14.4 Å². The Kier molecular flexibility index (Phi) is 3.20. The molecule has 0 amide bonds. The predicted octanol–water partition coefficient (Wildman–Crippen LogP) is 1.59. The summed E-state index contributed by atoms with van der Waals surface area (Å²) in [5.74, 6) is -0.502. The Hall–Kier alpha value is -2.14. The summed E-state index contributed by atoms with van der Waals surface area (Å²) < 4.78 is 13.6. The lowest BCUT2D eigenvalue weighted by atomic mass is 10.1. The van der Waals surface area contributed by atoms with Crippen LogP contribution in [0, 0.1) is 5.82 Å². The van der Waals surface area contributed by atoms with Crippen molar-refractivity contribution in [3.63, 3.8) is 0 Å². The highest BCUT2D eigenvalue weighted by Crippen LogP contribution is 2.23. The van der Waals surface area contributed by atoms with E-state index >= 15 is 0 Å². The third kappa shape index (κ3) is 2.19. The Labute approximate surface area is 96.8 Å². The minimum Gasteiger partial charge on any atom is -0.392 e. The molecule has 1 N–H and O–H groups in total. The first-order chi connectivity index (χ1) is 8.26. The molecule has 0 spiro atoms. The fourth-order valence-corrected chi connectivity index (χ4v) is 1.48. The number of aliphatic hydroxyl groups excluding tert-OH is 1. The largest absolute Gasteiger partial charge is 0.392 e. The van der Waals surface area contributed by atoms with Gasteiger partial charge in [-0.05, 0) is 12.1 Å². The van der Waals surface area contributed by atoms with Crippen LogP contribution in [0.5, 0.6) is 0 Å². The Morgan fingerprint density at radius 3 is 2.76 bits per heavy atom. The van der Waals surface area contributed by atoms with Crippen LogP contribution in [0.3, 0.4) is 0 Å². The summed E-state index contributed by atoms with van der Waals surface area (Å²) in [4.78, 5) is 18.2. The van der Waals surface area contributed by atoms with Gasteiger partial charge in [0.2, 0.25) is 0 Å². The number of aldehydes is 1. The van der Waals surface area contributed by atoms with E-state index in [1.807, 2.05) is 0 Å². The summed E-state index contributed by atoms with van der Waals surface area (Å²) in [5, 5.41) is 9.14. The zero-order valence-corrected chi connectivity index (χ0v) is 8.80. The van der Waals surface area contributed by atoms with Gasteiger partial charge >= 0.3 is 0 Å². The molecule has 1 aromatic heterocycles. The van der Waals surface area contributed by atoms with Crippen LogP contribution in [-0.4, -0.2) is 21.4 Å². The van der Waals surface area contributed by atoms with E-state index in [1.165, 1.54) is 18.3 Å². The molecule has 2 aromatic rings. The number of benzene rings is 1. The molecule has 0 atom stereocenters. The maximum absolute atomic E-state index is 13.6. The normalized spacial score (nSPS) is 10.2. The SMILES string of the molecule is O=Cc1ncc(CO)c(-c2ccccc2F)n1. The molecule has 4 nitrogen and oxygen atoms in total. The van der Waals surface area contributed by atoms with Crippen molar-refractivity contribution in [3.8, 4) is 11.3 Å². The molecule has 0 aliphatic heterocycles. The molecular formula is C12H9FN2O2. The number of aliphatic hydroxyl groups is 1. The van der Waals surface area contributed by atoms with E-state index in [1.54, 1.807) is 12.1 Å². The van der Waals surface area contributed by atoms with Crippen molar-refractivity contribution in [3.05, 3.63) is 47.7 Å². The molecule has 86 valence electrons. The zero-order chi connectivity index (χ0) is 12.3. The predicted molar refractivity (Wildman–Crippen MR) is 58.7 cm³/mol. The molecule has 17 heavy (non-hydrogen) atoms. The molecule has 5 heteroatoms. The molecule has 0 aliphatic carbocycles. The average molecular weight is 232 g/mol. The first-order valence-electron chi connectivity index (χ1n) is 4.93. The number of nitrogens with zero attached hydrogens (tertiary/aromatic N) is 2. The van der Waals surface area contributed by atoms with Crippen LogP contribution in [-0.2, 0) is 6.61 Å². The van der Waals surface area contributed by atoms with Crippen LogP contribution < -0.4 is 0 Å². The second-order valence-electron chi connectivity index (χ2n) is 3.36. The first-order valence-corrected chi connectivity index (χ1v) is 4.93. The number of aromatic nitrogens is 2. The highest BCUT2D eigenvalue weighted by Gasteiger charge is 2.12. The Bertz CT molecular complexity index is 558. The highest BCUT2D eigenvalue weighted by atomic mass is 19.1. The van der Waals surface area contributed by atoms with Crippen molar-refractivity contribution < 1.29 is 14.3 Å². The number of halogens is 1. The number of hydrogen-bond donors (Lipinski definition) is 1. The topological polar surface area (TPSA) is 63.1 Å². The van der Waals surface area contributed by atoms with E-state index in [-0.39, 0.29) is 23.7 Å². The Balaban J connectivity index is 2.64. The van der Waals surface area contributed by atoms with Crippen molar-refractivity contribution in [2.75, 3.05) is 0 Å². The molecule has 0 saturated heterocycles. The first kappa shape index (κ1) is 11.3. The molecule has 1 aromatic carbocycles. The second kappa shape index (κ2) is 4.80. The molecule has 0 bridgehead atoms. The molecular weight excluding hydrogens is 223 g/mol. The van der Waals surface area contributed by atoms with Crippen molar-refractivity contribution >= 4 is 6.29 Å².